The zero-order chi connectivity index (χ0) is 14.1. The fraction of sp³-hybridized carbons (Fsp3) is 0.429. The monoisotopic (exact) mass is 274 g/mol. The van der Waals surface area contributed by atoms with Gasteiger partial charge in [-0.1, -0.05) is 12.1 Å². The van der Waals surface area contributed by atoms with Crippen LogP contribution < -0.4 is 11.1 Å². The summed E-state index contributed by atoms with van der Waals surface area (Å²) in [5.74, 6) is -0.141. The third-order valence-electron chi connectivity index (χ3n) is 3.91. The van der Waals surface area contributed by atoms with Crippen molar-refractivity contribution in [2.75, 3.05) is 31.9 Å². The molecule has 3 rings (SSSR count). The summed E-state index contributed by atoms with van der Waals surface area (Å²) in [6.45, 7) is 2.76. The molecule has 1 aromatic rings. The molecule has 2 aliphatic heterocycles. The minimum Gasteiger partial charge on any atom is -0.398 e. The average molecular weight is 274 g/mol. The second-order valence-electron chi connectivity index (χ2n) is 5.22. The zero-order valence-electron chi connectivity index (χ0n) is 11.3. The van der Waals surface area contributed by atoms with Crippen molar-refractivity contribution in [3.8, 4) is 0 Å². The lowest BCUT2D eigenvalue weighted by atomic mass is 9.98. The van der Waals surface area contributed by atoms with Gasteiger partial charge in [0.25, 0.3) is 0 Å². The lowest BCUT2D eigenvalue weighted by Crippen LogP contribution is -2.43. The number of hydrogen-bond donors (Lipinski definition) is 2. The number of fused-ring (bicyclic) bond motifs is 1. The second kappa shape index (κ2) is 5.13. The smallest absolute Gasteiger partial charge is 0.324 e. The number of hydrogen-bond acceptors (Lipinski definition) is 4. The maximum Gasteiger partial charge on any atom is 0.324 e. The fourth-order valence-electron chi connectivity index (χ4n) is 2.78. The van der Waals surface area contributed by atoms with Crippen LogP contribution in [0.25, 0.3) is 0 Å². The van der Waals surface area contributed by atoms with Gasteiger partial charge in [0.2, 0.25) is 5.91 Å². The number of anilines is 1. The summed E-state index contributed by atoms with van der Waals surface area (Å²) in [6.07, 6.45) is 0.889. The summed E-state index contributed by atoms with van der Waals surface area (Å²) >= 11 is 0. The maximum atomic E-state index is 12.1. The van der Waals surface area contributed by atoms with Crippen molar-refractivity contribution in [3.05, 3.63) is 29.3 Å². The molecule has 1 saturated heterocycles. The Balaban J connectivity index is 1.67. The molecule has 0 radical (unpaired) electrons. The minimum absolute atomic E-state index is 0.141. The molecule has 3 N–H and O–H groups in total. The van der Waals surface area contributed by atoms with E-state index in [-0.39, 0.29) is 18.5 Å². The van der Waals surface area contributed by atoms with Crippen molar-refractivity contribution in [1.82, 2.24) is 15.1 Å². The van der Waals surface area contributed by atoms with E-state index in [0.717, 1.165) is 24.2 Å². The van der Waals surface area contributed by atoms with Gasteiger partial charge in [-0.15, -0.1) is 0 Å². The first kappa shape index (κ1) is 12.9. The van der Waals surface area contributed by atoms with Crippen LogP contribution in [0.5, 0.6) is 0 Å². The SMILES string of the molecule is Nc1cccc2c1CN(CC(=O)N1CCNC1=O)CC2. The normalized spacial score (nSPS) is 18.8. The molecule has 0 atom stereocenters. The summed E-state index contributed by atoms with van der Waals surface area (Å²) in [6, 6.07) is 5.65. The summed E-state index contributed by atoms with van der Waals surface area (Å²) in [7, 11) is 0. The van der Waals surface area contributed by atoms with Crippen LogP contribution in [0.4, 0.5) is 10.5 Å². The molecule has 1 fully saturated rings. The Morgan fingerprint density at radius 3 is 2.95 bits per heavy atom. The Morgan fingerprint density at radius 1 is 1.35 bits per heavy atom. The molecule has 0 bridgehead atoms. The lowest BCUT2D eigenvalue weighted by Gasteiger charge is -2.29. The van der Waals surface area contributed by atoms with E-state index in [9.17, 15) is 9.59 Å². The van der Waals surface area contributed by atoms with Crippen molar-refractivity contribution in [1.29, 1.82) is 0 Å². The predicted octanol–water partition coefficient (Wildman–Crippen LogP) is 0.179. The number of amides is 3. The molecule has 1 aromatic carbocycles. The van der Waals surface area contributed by atoms with E-state index >= 15 is 0 Å². The number of imide groups is 1. The Morgan fingerprint density at radius 2 is 2.20 bits per heavy atom. The van der Waals surface area contributed by atoms with E-state index in [2.05, 4.69) is 11.4 Å². The van der Waals surface area contributed by atoms with Crippen molar-refractivity contribution in [2.45, 2.75) is 13.0 Å². The highest BCUT2D eigenvalue weighted by atomic mass is 16.2. The first-order chi connectivity index (χ1) is 9.65. The maximum absolute atomic E-state index is 12.1. The molecule has 6 nitrogen and oxygen atoms in total. The largest absolute Gasteiger partial charge is 0.398 e. The molecule has 0 unspecified atom stereocenters. The number of nitrogens with zero attached hydrogens (tertiary/aromatic N) is 2. The van der Waals surface area contributed by atoms with E-state index in [1.807, 2.05) is 17.0 Å². The van der Waals surface area contributed by atoms with Crippen molar-refractivity contribution < 1.29 is 9.59 Å². The van der Waals surface area contributed by atoms with Gasteiger partial charge in [-0.05, 0) is 23.6 Å². The van der Waals surface area contributed by atoms with Crippen molar-refractivity contribution in [2.24, 2.45) is 0 Å². The Kier molecular flexibility index (Phi) is 3.31. The average Bonchev–Trinajstić information content (AvgIpc) is 2.86. The molecule has 2 heterocycles. The molecule has 106 valence electrons. The molecule has 0 saturated carbocycles. The highest BCUT2D eigenvalue weighted by Gasteiger charge is 2.28. The summed E-state index contributed by atoms with van der Waals surface area (Å²) < 4.78 is 0. The van der Waals surface area contributed by atoms with E-state index < -0.39 is 0 Å². The number of nitrogens with one attached hydrogen (secondary N) is 1. The van der Waals surface area contributed by atoms with Gasteiger partial charge in [0, 0.05) is 31.9 Å². The van der Waals surface area contributed by atoms with Crippen LogP contribution in [0.15, 0.2) is 18.2 Å². The van der Waals surface area contributed by atoms with E-state index in [4.69, 9.17) is 5.73 Å². The quantitative estimate of drug-likeness (QED) is 0.754. The first-order valence-electron chi connectivity index (χ1n) is 6.82. The predicted molar refractivity (Wildman–Crippen MR) is 74.9 cm³/mol. The Hall–Kier alpha value is -2.08. The second-order valence-corrected chi connectivity index (χ2v) is 5.22. The fourth-order valence-corrected chi connectivity index (χ4v) is 2.78. The third kappa shape index (κ3) is 2.34. The van der Waals surface area contributed by atoms with Gasteiger partial charge in [-0.3, -0.25) is 14.6 Å². The van der Waals surface area contributed by atoms with Gasteiger partial charge in [0.05, 0.1) is 6.54 Å². The summed E-state index contributed by atoms with van der Waals surface area (Å²) in [5, 5.41) is 2.64. The number of nitrogen functional groups attached to an aromatic ring is 1. The van der Waals surface area contributed by atoms with E-state index in [1.54, 1.807) is 0 Å². The molecule has 0 spiro atoms. The Bertz CT molecular complexity index is 558. The van der Waals surface area contributed by atoms with Crippen LogP contribution in [-0.2, 0) is 17.8 Å². The summed E-state index contributed by atoms with van der Waals surface area (Å²) in [4.78, 5) is 26.9. The molecule has 3 amide bonds. The van der Waals surface area contributed by atoms with Crippen LogP contribution in [0, 0.1) is 0 Å². The number of carbonyl (C=O) groups excluding carboxylic acids is 2. The van der Waals surface area contributed by atoms with E-state index in [1.165, 1.54) is 10.5 Å². The van der Waals surface area contributed by atoms with Crippen LogP contribution in [0.3, 0.4) is 0 Å². The van der Waals surface area contributed by atoms with E-state index in [0.29, 0.717) is 19.6 Å². The molecular weight excluding hydrogens is 256 g/mol. The third-order valence-corrected chi connectivity index (χ3v) is 3.91. The van der Waals surface area contributed by atoms with Crippen LogP contribution in [0.2, 0.25) is 0 Å². The number of carbonyl (C=O) groups is 2. The molecule has 2 aliphatic rings. The topological polar surface area (TPSA) is 78.7 Å². The number of urea groups is 1. The summed E-state index contributed by atoms with van der Waals surface area (Å²) in [5.41, 5.74) is 9.13. The number of benzene rings is 1. The van der Waals surface area contributed by atoms with Crippen molar-refractivity contribution in [3.63, 3.8) is 0 Å². The number of nitrogens with two attached hydrogens (primary N) is 1. The number of rotatable bonds is 2. The van der Waals surface area contributed by atoms with Gasteiger partial charge < -0.3 is 11.1 Å². The van der Waals surface area contributed by atoms with Crippen molar-refractivity contribution >= 4 is 17.6 Å². The minimum atomic E-state index is -0.285. The van der Waals surface area contributed by atoms with Gasteiger partial charge in [0.1, 0.15) is 0 Å². The molecule has 20 heavy (non-hydrogen) atoms. The highest BCUT2D eigenvalue weighted by molar-refractivity contribution is 5.96. The van der Waals surface area contributed by atoms with Gasteiger partial charge >= 0.3 is 6.03 Å². The van der Waals surface area contributed by atoms with Gasteiger partial charge in [-0.25, -0.2) is 4.79 Å². The van der Waals surface area contributed by atoms with Gasteiger partial charge in [0.15, 0.2) is 0 Å². The molecule has 0 aromatic heterocycles. The molecular formula is C14H18N4O2. The molecule has 0 aliphatic carbocycles. The Labute approximate surface area is 117 Å². The first-order valence-corrected chi connectivity index (χ1v) is 6.82. The van der Waals surface area contributed by atoms with Crippen LogP contribution in [-0.4, -0.2) is 47.9 Å². The highest BCUT2D eigenvalue weighted by Crippen LogP contribution is 2.24. The standard InChI is InChI=1S/C14H18N4O2/c15-12-3-1-2-10-4-6-17(8-11(10)12)9-13(19)18-7-5-16-14(18)20/h1-3H,4-9,15H2,(H,16,20). The van der Waals surface area contributed by atoms with Crippen LogP contribution >= 0.6 is 0 Å². The molecule has 6 heteroatoms. The van der Waals surface area contributed by atoms with Gasteiger partial charge in [-0.2, -0.15) is 0 Å². The zero-order valence-corrected chi connectivity index (χ0v) is 11.3. The lowest BCUT2D eigenvalue weighted by molar-refractivity contribution is -0.129. The van der Waals surface area contributed by atoms with Crippen LogP contribution in [0.1, 0.15) is 11.1 Å².